The maximum absolute atomic E-state index is 13.8. The van der Waals surface area contributed by atoms with Gasteiger partial charge in [-0.2, -0.15) is 0 Å². The van der Waals surface area contributed by atoms with Gasteiger partial charge in [0.15, 0.2) is 0 Å². The van der Waals surface area contributed by atoms with Crippen LogP contribution in [0.15, 0.2) is 79.1 Å². The molecule has 0 N–H and O–H groups in total. The largest absolute Gasteiger partial charge is 0.335 e. The number of aromatic nitrogens is 1. The lowest BCUT2D eigenvalue weighted by Crippen LogP contribution is -2.45. The molecule has 35 heavy (non-hydrogen) atoms. The van der Waals surface area contributed by atoms with E-state index in [9.17, 15) is 4.79 Å². The molecule has 2 atom stereocenters. The molecule has 182 valence electrons. The number of hydrogen-bond donors (Lipinski definition) is 0. The number of carbonyl (C=O) groups excluding carboxylic acids is 1. The van der Waals surface area contributed by atoms with Crippen molar-refractivity contribution in [1.82, 2.24) is 14.8 Å². The van der Waals surface area contributed by atoms with Crippen LogP contribution in [0.25, 0.3) is 0 Å². The van der Waals surface area contributed by atoms with Crippen LogP contribution in [0.1, 0.15) is 65.1 Å². The van der Waals surface area contributed by atoms with Crippen molar-refractivity contribution in [2.45, 2.75) is 57.5 Å². The van der Waals surface area contributed by atoms with Crippen LogP contribution < -0.4 is 0 Å². The summed E-state index contributed by atoms with van der Waals surface area (Å²) in [4.78, 5) is 23.0. The van der Waals surface area contributed by atoms with E-state index < -0.39 is 0 Å². The van der Waals surface area contributed by atoms with Crippen molar-refractivity contribution in [1.29, 1.82) is 0 Å². The molecule has 3 aromatic rings. The van der Waals surface area contributed by atoms with Crippen molar-refractivity contribution in [2.24, 2.45) is 5.92 Å². The zero-order valence-electron chi connectivity index (χ0n) is 20.9. The fourth-order valence-corrected chi connectivity index (χ4v) is 6.17. The molecule has 1 aliphatic heterocycles. The molecule has 0 unspecified atom stereocenters. The number of hydrogen-bond acceptors (Lipinski definition) is 3. The fraction of sp³-hybridized carbons (Fsp3) is 0.419. The highest BCUT2D eigenvalue weighted by Gasteiger charge is 2.38. The molecule has 2 fully saturated rings. The molecular weight excluding hydrogens is 430 g/mol. The Morgan fingerprint density at radius 3 is 2.46 bits per heavy atom. The average molecular weight is 468 g/mol. The van der Waals surface area contributed by atoms with Gasteiger partial charge in [0, 0.05) is 56.1 Å². The van der Waals surface area contributed by atoms with Gasteiger partial charge >= 0.3 is 0 Å². The van der Waals surface area contributed by atoms with E-state index >= 15 is 0 Å². The monoisotopic (exact) mass is 467 g/mol. The second kappa shape index (κ2) is 11.2. The van der Waals surface area contributed by atoms with E-state index in [2.05, 4.69) is 52.0 Å². The van der Waals surface area contributed by atoms with Crippen LogP contribution in [-0.2, 0) is 6.54 Å². The van der Waals surface area contributed by atoms with E-state index in [0.717, 1.165) is 44.6 Å². The number of amides is 1. The zero-order valence-corrected chi connectivity index (χ0v) is 20.9. The SMILES string of the molecule is Cc1ccccc1[C@H]1CN(Cc2cccnc2)C[C@H]1CN(C(=O)c1ccccc1)C1CCCCC1. The van der Waals surface area contributed by atoms with Gasteiger partial charge in [-0.1, -0.05) is 67.8 Å². The van der Waals surface area contributed by atoms with Crippen LogP contribution in [0.2, 0.25) is 0 Å². The van der Waals surface area contributed by atoms with Crippen molar-refractivity contribution in [3.8, 4) is 0 Å². The molecule has 5 rings (SSSR count). The molecule has 1 saturated carbocycles. The number of carbonyl (C=O) groups is 1. The average Bonchev–Trinajstić information content (AvgIpc) is 3.30. The van der Waals surface area contributed by atoms with Gasteiger partial charge in [-0.25, -0.2) is 0 Å². The Morgan fingerprint density at radius 2 is 1.71 bits per heavy atom. The van der Waals surface area contributed by atoms with Crippen LogP contribution >= 0.6 is 0 Å². The minimum atomic E-state index is 0.201. The molecular formula is C31H37N3O. The van der Waals surface area contributed by atoms with Crippen LogP contribution in [0.5, 0.6) is 0 Å². The van der Waals surface area contributed by atoms with Gasteiger partial charge in [-0.15, -0.1) is 0 Å². The summed E-state index contributed by atoms with van der Waals surface area (Å²) < 4.78 is 0. The third kappa shape index (κ3) is 5.65. The molecule has 0 radical (unpaired) electrons. The maximum atomic E-state index is 13.8. The summed E-state index contributed by atoms with van der Waals surface area (Å²) in [6.07, 6.45) is 9.80. The Morgan fingerprint density at radius 1 is 0.943 bits per heavy atom. The quantitative estimate of drug-likeness (QED) is 0.422. The van der Waals surface area contributed by atoms with E-state index in [1.54, 1.807) is 0 Å². The summed E-state index contributed by atoms with van der Waals surface area (Å²) >= 11 is 0. The highest BCUT2D eigenvalue weighted by atomic mass is 16.2. The van der Waals surface area contributed by atoms with Gasteiger partial charge in [0.2, 0.25) is 0 Å². The summed E-state index contributed by atoms with van der Waals surface area (Å²) in [5.41, 5.74) is 4.85. The molecule has 1 amide bonds. The summed E-state index contributed by atoms with van der Waals surface area (Å²) in [7, 11) is 0. The maximum Gasteiger partial charge on any atom is 0.254 e. The van der Waals surface area contributed by atoms with Crippen LogP contribution in [0.3, 0.4) is 0 Å². The summed E-state index contributed by atoms with van der Waals surface area (Å²) in [5, 5.41) is 0. The molecule has 2 aromatic carbocycles. The number of rotatable bonds is 7. The van der Waals surface area contributed by atoms with Crippen LogP contribution in [-0.4, -0.2) is 46.4 Å². The lowest BCUT2D eigenvalue weighted by atomic mass is 9.85. The number of pyridine rings is 1. The second-order valence-electron chi connectivity index (χ2n) is 10.4. The summed E-state index contributed by atoms with van der Waals surface area (Å²) in [5.74, 6) is 1.02. The van der Waals surface area contributed by atoms with Crippen molar-refractivity contribution >= 4 is 5.91 Å². The normalized spacial score (nSPS) is 21.2. The lowest BCUT2D eigenvalue weighted by molar-refractivity contribution is 0.0588. The Bertz CT molecular complexity index is 1090. The fourth-order valence-electron chi connectivity index (χ4n) is 6.17. The van der Waals surface area contributed by atoms with Crippen molar-refractivity contribution < 1.29 is 4.79 Å². The first-order valence-corrected chi connectivity index (χ1v) is 13.2. The Hall–Kier alpha value is -2.98. The van der Waals surface area contributed by atoms with Gasteiger partial charge in [-0.3, -0.25) is 14.7 Å². The first-order valence-electron chi connectivity index (χ1n) is 13.2. The van der Waals surface area contributed by atoms with Crippen molar-refractivity contribution in [3.63, 3.8) is 0 Å². The number of aryl methyl sites for hydroxylation is 1. The minimum absolute atomic E-state index is 0.201. The Kier molecular flexibility index (Phi) is 7.58. The van der Waals surface area contributed by atoms with Gasteiger partial charge in [0.05, 0.1) is 0 Å². The molecule has 1 aliphatic carbocycles. The smallest absolute Gasteiger partial charge is 0.254 e. The molecule has 2 heterocycles. The van der Waals surface area contributed by atoms with E-state index in [1.165, 1.54) is 36.0 Å². The van der Waals surface area contributed by atoms with Crippen LogP contribution in [0.4, 0.5) is 0 Å². The standard InChI is InChI=1S/C31H37N3O/c1-24-11-8-9-17-29(24)30-23-33(20-25-12-10-18-32-19-25)21-27(30)22-34(28-15-6-3-7-16-28)31(35)26-13-4-2-5-14-26/h2,4-5,8-14,17-19,27-28,30H,3,6-7,15-16,20-23H2,1H3/t27-,30-/m0/s1. The number of likely N-dealkylation sites (tertiary alicyclic amines) is 1. The van der Waals surface area contributed by atoms with E-state index in [0.29, 0.717) is 17.9 Å². The Balaban J connectivity index is 1.43. The van der Waals surface area contributed by atoms with Crippen LogP contribution in [0, 0.1) is 12.8 Å². The predicted octanol–water partition coefficient (Wildman–Crippen LogP) is 6.08. The molecule has 4 heteroatoms. The third-order valence-corrected chi connectivity index (χ3v) is 7.96. The topological polar surface area (TPSA) is 36.4 Å². The van der Waals surface area contributed by atoms with Gasteiger partial charge in [0.1, 0.15) is 0 Å². The molecule has 0 spiro atoms. The number of nitrogens with zero attached hydrogens (tertiary/aromatic N) is 3. The van der Waals surface area contributed by atoms with Gasteiger partial charge in [-0.05, 0) is 60.6 Å². The molecule has 4 nitrogen and oxygen atoms in total. The molecule has 1 aromatic heterocycles. The number of benzene rings is 2. The summed E-state index contributed by atoms with van der Waals surface area (Å²) in [6, 6.07) is 23.2. The molecule has 2 aliphatic rings. The highest BCUT2D eigenvalue weighted by Crippen LogP contribution is 2.37. The van der Waals surface area contributed by atoms with Gasteiger partial charge in [0.25, 0.3) is 5.91 Å². The lowest BCUT2D eigenvalue weighted by Gasteiger charge is -2.37. The molecule has 1 saturated heterocycles. The summed E-state index contributed by atoms with van der Waals surface area (Å²) in [6.45, 7) is 5.97. The highest BCUT2D eigenvalue weighted by molar-refractivity contribution is 5.94. The Labute approximate surface area is 210 Å². The first kappa shape index (κ1) is 23.7. The van der Waals surface area contributed by atoms with Crippen molar-refractivity contribution in [3.05, 3.63) is 101 Å². The third-order valence-electron chi connectivity index (χ3n) is 7.96. The van der Waals surface area contributed by atoms with E-state index in [-0.39, 0.29) is 5.91 Å². The second-order valence-corrected chi connectivity index (χ2v) is 10.4. The zero-order chi connectivity index (χ0) is 24.0. The first-order chi connectivity index (χ1) is 17.2. The predicted molar refractivity (Wildman–Crippen MR) is 141 cm³/mol. The van der Waals surface area contributed by atoms with E-state index in [4.69, 9.17) is 0 Å². The van der Waals surface area contributed by atoms with E-state index in [1.807, 2.05) is 48.8 Å². The minimum Gasteiger partial charge on any atom is -0.335 e. The van der Waals surface area contributed by atoms with Crippen molar-refractivity contribution in [2.75, 3.05) is 19.6 Å². The van der Waals surface area contributed by atoms with Gasteiger partial charge < -0.3 is 4.90 Å². The molecule has 0 bridgehead atoms.